The van der Waals surface area contributed by atoms with Crippen molar-refractivity contribution in [2.75, 3.05) is 20.1 Å². The molecule has 0 radical (unpaired) electrons. The van der Waals surface area contributed by atoms with Crippen molar-refractivity contribution >= 4 is 11.6 Å². The maximum Gasteiger partial charge on any atom is 0.124 e. The number of rotatable bonds is 7. The van der Waals surface area contributed by atoms with Crippen molar-refractivity contribution in [3.8, 4) is 0 Å². The maximum atomic E-state index is 13.1. The van der Waals surface area contributed by atoms with Gasteiger partial charge >= 0.3 is 0 Å². The fraction of sp³-hybridized carbons (Fsp3) is 0.625. The number of nitrogens with one attached hydrogen (secondary N) is 1. The monoisotopic (exact) mass is 300 g/mol. The van der Waals surface area contributed by atoms with Crippen LogP contribution >= 0.6 is 11.6 Å². The van der Waals surface area contributed by atoms with Crippen LogP contribution in [0, 0.1) is 5.82 Å². The van der Waals surface area contributed by atoms with Crippen LogP contribution in [0.1, 0.15) is 33.3 Å². The molecule has 1 rings (SSSR count). The predicted molar refractivity (Wildman–Crippen MR) is 85.0 cm³/mol. The van der Waals surface area contributed by atoms with Gasteiger partial charge in [0.15, 0.2) is 0 Å². The largest absolute Gasteiger partial charge is 0.315 e. The second kappa shape index (κ2) is 7.39. The quantitative estimate of drug-likeness (QED) is 0.825. The van der Waals surface area contributed by atoms with Crippen molar-refractivity contribution in [3.63, 3.8) is 0 Å². The summed E-state index contributed by atoms with van der Waals surface area (Å²) in [6, 6.07) is 4.87. The Kier molecular flexibility index (Phi) is 6.44. The Morgan fingerprint density at radius 1 is 1.30 bits per heavy atom. The van der Waals surface area contributed by atoms with Gasteiger partial charge in [0, 0.05) is 16.6 Å². The third-order valence-corrected chi connectivity index (χ3v) is 4.57. The van der Waals surface area contributed by atoms with Crippen molar-refractivity contribution in [2.24, 2.45) is 0 Å². The second-order valence-electron chi connectivity index (χ2n) is 5.61. The van der Waals surface area contributed by atoms with Crippen molar-refractivity contribution in [2.45, 2.75) is 45.7 Å². The summed E-state index contributed by atoms with van der Waals surface area (Å²) in [5, 5.41) is 3.89. The summed E-state index contributed by atoms with van der Waals surface area (Å²) >= 11 is 6.15. The molecule has 1 N–H and O–H groups in total. The van der Waals surface area contributed by atoms with Crippen LogP contribution in [0.3, 0.4) is 0 Å². The lowest BCUT2D eigenvalue weighted by atomic mass is 9.87. The molecule has 0 aliphatic heterocycles. The summed E-state index contributed by atoms with van der Waals surface area (Å²) in [4.78, 5) is 2.42. The SMILES string of the molecule is CCN(CC)C(C)(C)C(Cc1ccc(F)cc1Cl)NC. The van der Waals surface area contributed by atoms with E-state index in [1.165, 1.54) is 12.1 Å². The van der Waals surface area contributed by atoms with Crippen molar-refractivity contribution < 1.29 is 4.39 Å². The second-order valence-corrected chi connectivity index (χ2v) is 6.01. The van der Waals surface area contributed by atoms with Crippen molar-refractivity contribution in [3.05, 3.63) is 34.6 Å². The van der Waals surface area contributed by atoms with Gasteiger partial charge in [0.1, 0.15) is 5.82 Å². The number of halogens is 2. The number of nitrogens with zero attached hydrogens (tertiary/aromatic N) is 1. The highest BCUT2D eigenvalue weighted by molar-refractivity contribution is 6.31. The van der Waals surface area contributed by atoms with Gasteiger partial charge in [-0.3, -0.25) is 4.90 Å². The van der Waals surface area contributed by atoms with E-state index >= 15 is 0 Å². The molecule has 1 aromatic rings. The lowest BCUT2D eigenvalue weighted by molar-refractivity contribution is 0.0944. The van der Waals surface area contributed by atoms with Gasteiger partial charge in [0.25, 0.3) is 0 Å². The van der Waals surface area contributed by atoms with Crippen LogP contribution < -0.4 is 5.32 Å². The van der Waals surface area contributed by atoms with Crippen LogP contribution in [0.5, 0.6) is 0 Å². The molecule has 20 heavy (non-hydrogen) atoms. The van der Waals surface area contributed by atoms with E-state index in [2.05, 4.69) is 37.9 Å². The molecule has 1 unspecified atom stereocenters. The molecule has 2 nitrogen and oxygen atoms in total. The minimum Gasteiger partial charge on any atom is -0.315 e. The molecule has 1 aromatic carbocycles. The van der Waals surface area contributed by atoms with Crippen molar-refractivity contribution in [1.82, 2.24) is 10.2 Å². The van der Waals surface area contributed by atoms with E-state index in [1.807, 2.05) is 7.05 Å². The van der Waals surface area contributed by atoms with Gasteiger partial charge in [-0.25, -0.2) is 4.39 Å². The summed E-state index contributed by atoms with van der Waals surface area (Å²) in [5.74, 6) is -0.289. The first kappa shape index (κ1) is 17.4. The molecule has 0 saturated carbocycles. The highest BCUT2D eigenvalue weighted by Crippen LogP contribution is 2.25. The normalized spacial score (nSPS) is 13.8. The first-order chi connectivity index (χ1) is 9.36. The molecule has 0 saturated heterocycles. The topological polar surface area (TPSA) is 15.3 Å². The van der Waals surface area contributed by atoms with Crippen LogP contribution in [0.2, 0.25) is 5.02 Å². The molecule has 0 heterocycles. The zero-order chi connectivity index (χ0) is 15.3. The zero-order valence-electron chi connectivity index (χ0n) is 13.1. The van der Waals surface area contributed by atoms with Gasteiger partial charge in [-0.1, -0.05) is 31.5 Å². The molecular formula is C16H26ClFN2. The summed E-state index contributed by atoms with van der Waals surface area (Å²) in [7, 11) is 1.97. The number of benzene rings is 1. The molecule has 0 aromatic heterocycles. The minimum absolute atomic E-state index is 0.00400. The summed E-state index contributed by atoms with van der Waals surface area (Å²) < 4.78 is 13.1. The molecule has 0 spiro atoms. The molecule has 4 heteroatoms. The average molecular weight is 301 g/mol. The fourth-order valence-electron chi connectivity index (χ4n) is 2.87. The van der Waals surface area contributed by atoms with Crippen LogP contribution in [0.25, 0.3) is 0 Å². The number of hydrogen-bond donors (Lipinski definition) is 1. The van der Waals surface area contributed by atoms with E-state index < -0.39 is 0 Å². The minimum atomic E-state index is -0.289. The summed E-state index contributed by atoms with van der Waals surface area (Å²) in [6.45, 7) is 10.8. The average Bonchev–Trinajstić information content (AvgIpc) is 2.38. The predicted octanol–water partition coefficient (Wildman–Crippen LogP) is 3.73. The Morgan fingerprint density at radius 3 is 2.35 bits per heavy atom. The van der Waals surface area contributed by atoms with E-state index in [9.17, 15) is 4.39 Å². The Balaban J connectivity index is 2.96. The molecule has 0 amide bonds. The third-order valence-electron chi connectivity index (χ3n) is 4.22. The van der Waals surface area contributed by atoms with Gasteiger partial charge in [-0.05, 0) is 58.1 Å². The smallest absolute Gasteiger partial charge is 0.124 e. The van der Waals surface area contributed by atoms with E-state index in [0.717, 1.165) is 25.1 Å². The van der Waals surface area contributed by atoms with E-state index in [-0.39, 0.29) is 17.4 Å². The highest BCUT2D eigenvalue weighted by atomic mass is 35.5. The first-order valence-corrected chi connectivity index (χ1v) is 7.60. The molecule has 0 fully saturated rings. The van der Waals surface area contributed by atoms with Gasteiger partial charge in [0.2, 0.25) is 0 Å². The third kappa shape index (κ3) is 3.94. The molecule has 1 atom stereocenters. The first-order valence-electron chi connectivity index (χ1n) is 7.23. The van der Waals surface area contributed by atoms with E-state index in [0.29, 0.717) is 5.02 Å². The molecule has 0 aliphatic rings. The lowest BCUT2D eigenvalue weighted by Crippen LogP contribution is -2.57. The summed E-state index contributed by atoms with van der Waals surface area (Å²) in [5.41, 5.74) is 0.975. The Hall–Kier alpha value is -0.640. The zero-order valence-corrected chi connectivity index (χ0v) is 13.9. The Labute approximate surface area is 127 Å². The van der Waals surface area contributed by atoms with Crippen LogP contribution in [0.15, 0.2) is 18.2 Å². The highest BCUT2D eigenvalue weighted by Gasteiger charge is 2.33. The van der Waals surface area contributed by atoms with Crippen LogP contribution in [0.4, 0.5) is 4.39 Å². The standard InChI is InChI=1S/C16H26ClFN2/c1-6-20(7-2)16(3,4)15(19-5)10-12-8-9-13(18)11-14(12)17/h8-9,11,15,19H,6-7,10H2,1-5H3. The molecule has 0 bridgehead atoms. The molecule has 114 valence electrons. The summed E-state index contributed by atoms with van der Waals surface area (Å²) in [6.07, 6.45) is 0.777. The van der Waals surface area contributed by atoms with E-state index in [4.69, 9.17) is 11.6 Å². The van der Waals surface area contributed by atoms with Crippen LogP contribution in [-0.2, 0) is 6.42 Å². The number of hydrogen-bond acceptors (Lipinski definition) is 2. The Bertz CT molecular complexity index is 430. The molecule has 0 aliphatic carbocycles. The van der Waals surface area contributed by atoms with Gasteiger partial charge in [-0.15, -0.1) is 0 Å². The van der Waals surface area contributed by atoms with Gasteiger partial charge in [-0.2, -0.15) is 0 Å². The van der Waals surface area contributed by atoms with Gasteiger partial charge < -0.3 is 5.32 Å². The number of likely N-dealkylation sites (N-methyl/N-ethyl adjacent to an activating group) is 2. The van der Waals surface area contributed by atoms with Gasteiger partial charge in [0.05, 0.1) is 0 Å². The van der Waals surface area contributed by atoms with E-state index in [1.54, 1.807) is 6.07 Å². The fourth-order valence-corrected chi connectivity index (χ4v) is 3.12. The molecular weight excluding hydrogens is 275 g/mol. The Morgan fingerprint density at radius 2 is 1.90 bits per heavy atom. The van der Waals surface area contributed by atoms with Crippen LogP contribution in [-0.4, -0.2) is 36.6 Å². The maximum absolute atomic E-state index is 13.1. The van der Waals surface area contributed by atoms with Crippen molar-refractivity contribution in [1.29, 1.82) is 0 Å². The lowest BCUT2D eigenvalue weighted by Gasteiger charge is -2.43.